The van der Waals surface area contributed by atoms with Crippen molar-refractivity contribution < 1.29 is 13.3 Å². The van der Waals surface area contributed by atoms with Gasteiger partial charge in [0.15, 0.2) is 9.84 Å². The molecule has 1 N–H and O–H groups in total. The SMILES string of the molecule is CS(=O)(=O)c1cn[nH]c1-c1cccc([N+](=O)[O-])c1. The molecular weight excluding hydrogens is 258 g/mol. The monoisotopic (exact) mass is 267 g/mol. The summed E-state index contributed by atoms with van der Waals surface area (Å²) in [4.78, 5) is 10.1. The number of nitro groups is 1. The van der Waals surface area contributed by atoms with Gasteiger partial charge in [-0.3, -0.25) is 15.2 Å². The Labute approximate surface area is 103 Å². The van der Waals surface area contributed by atoms with Crippen molar-refractivity contribution in [2.75, 3.05) is 6.26 Å². The Morgan fingerprint density at radius 1 is 1.39 bits per heavy atom. The first-order valence-electron chi connectivity index (χ1n) is 4.88. The van der Waals surface area contributed by atoms with E-state index >= 15 is 0 Å². The van der Waals surface area contributed by atoms with Gasteiger partial charge in [0.25, 0.3) is 5.69 Å². The Bertz CT molecular complexity index is 705. The average Bonchev–Trinajstić information content (AvgIpc) is 2.77. The van der Waals surface area contributed by atoms with Gasteiger partial charge < -0.3 is 0 Å². The molecule has 0 aliphatic heterocycles. The van der Waals surface area contributed by atoms with Crippen LogP contribution in [-0.4, -0.2) is 29.8 Å². The molecule has 1 aromatic heterocycles. The highest BCUT2D eigenvalue weighted by Crippen LogP contribution is 2.27. The van der Waals surface area contributed by atoms with Crippen molar-refractivity contribution >= 4 is 15.5 Å². The normalized spacial score (nSPS) is 11.4. The van der Waals surface area contributed by atoms with Crippen molar-refractivity contribution in [1.82, 2.24) is 10.2 Å². The highest BCUT2D eigenvalue weighted by atomic mass is 32.2. The number of hydrogen-bond donors (Lipinski definition) is 1. The van der Waals surface area contributed by atoms with E-state index in [1.165, 1.54) is 24.4 Å². The lowest BCUT2D eigenvalue weighted by Crippen LogP contribution is -1.98. The van der Waals surface area contributed by atoms with Gasteiger partial charge in [-0.15, -0.1) is 0 Å². The summed E-state index contributed by atoms with van der Waals surface area (Å²) in [5.74, 6) is 0. The van der Waals surface area contributed by atoms with Crippen LogP contribution in [0.5, 0.6) is 0 Å². The van der Waals surface area contributed by atoms with Crippen LogP contribution in [0.2, 0.25) is 0 Å². The maximum absolute atomic E-state index is 11.5. The van der Waals surface area contributed by atoms with E-state index in [4.69, 9.17) is 0 Å². The molecule has 7 nitrogen and oxygen atoms in total. The van der Waals surface area contributed by atoms with Crippen molar-refractivity contribution in [2.45, 2.75) is 4.90 Å². The fourth-order valence-corrected chi connectivity index (χ4v) is 2.32. The van der Waals surface area contributed by atoms with Crippen LogP contribution in [0.3, 0.4) is 0 Å². The number of nitro benzene ring substituents is 1. The topological polar surface area (TPSA) is 106 Å². The molecule has 0 bridgehead atoms. The highest BCUT2D eigenvalue weighted by molar-refractivity contribution is 7.90. The molecule has 0 aliphatic carbocycles. The number of nitrogens with one attached hydrogen (secondary N) is 1. The minimum Gasteiger partial charge on any atom is -0.276 e. The predicted molar refractivity (Wildman–Crippen MR) is 63.8 cm³/mol. The Balaban J connectivity index is 2.60. The van der Waals surface area contributed by atoms with Gasteiger partial charge in [-0.25, -0.2) is 8.42 Å². The van der Waals surface area contributed by atoms with Crippen LogP contribution in [0.1, 0.15) is 0 Å². The lowest BCUT2D eigenvalue weighted by atomic mass is 10.1. The zero-order chi connectivity index (χ0) is 13.3. The predicted octanol–water partition coefficient (Wildman–Crippen LogP) is 1.39. The fourth-order valence-electron chi connectivity index (χ4n) is 1.54. The number of aromatic nitrogens is 2. The molecule has 18 heavy (non-hydrogen) atoms. The van der Waals surface area contributed by atoms with Gasteiger partial charge in [0.2, 0.25) is 0 Å². The van der Waals surface area contributed by atoms with E-state index in [1.54, 1.807) is 6.07 Å². The summed E-state index contributed by atoms with van der Waals surface area (Å²) < 4.78 is 23.0. The number of aromatic amines is 1. The first-order valence-corrected chi connectivity index (χ1v) is 6.77. The van der Waals surface area contributed by atoms with Gasteiger partial charge in [-0.1, -0.05) is 12.1 Å². The number of nitrogens with zero attached hydrogens (tertiary/aromatic N) is 2. The van der Waals surface area contributed by atoms with Crippen molar-refractivity contribution in [3.63, 3.8) is 0 Å². The van der Waals surface area contributed by atoms with Crippen molar-refractivity contribution in [2.24, 2.45) is 0 Å². The van der Waals surface area contributed by atoms with E-state index in [9.17, 15) is 18.5 Å². The zero-order valence-corrected chi connectivity index (χ0v) is 10.1. The Kier molecular flexibility index (Phi) is 2.87. The van der Waals surface area contributed by atoms with Crippen molar-refractivity contribution in [3.8, 4) is 11.3 Å². The molecule has 1 aromatic carbocycles. The molecule has 2 rings (SSSR count). The summed E-state index contributed by atoms with van der Waals surface area (Å²) in [6.07, 6.45) is 2.24. The first kappa shape index (κ1) is 12.2. The maximum atomic E-state index is 11.5. The summed E-state index contributed by atoms with van der Waals surface area (Å²) in [6.45, 7) is 0. The van der Waals surface area contributed by atoms with Crippen LogP contribution in [0.25, 0.3) is 11.3 Å². The maximum Gasteiger partial charge on any atom is 0.270 e. The molecule has 8 heteroatoms. The number of benzene rings is 1. The molecule has 0 spiro atoms. The summed E-state index contributed by atoms with van der Waals surface area (Å²) in [5, 5.41) is 16.9. The zero-order valence-electron chi connectivity index (χ0n) is 9.32. The van der Waals surface area contributed by atoms with E-state index < -0.39 is 14.8 Å². The van der Waals surface area contributed by atoms with Crippen LogP contribution in [-0.2, 0) is 9.84 Å². The molecule has 0 fully saturated rings. The summed E-state index contributed by atoms with van der Waals surface area (Å²) in [5.41, 5.74) is 0.546. The Morgan fingerprint density at radius 2 is 2.11 bits per heavy atom. The highest BCUT2D eigenvalue weighted by Gasteiger charge is 2.18. The van der Waals surface area contributed by atoms with E-state index in [0.717, 1.165) is 6.26 Å². The van der Waals surface area contributed by atoms with E-state index in [0.29, 0.717) is 5.56 Å². The number of hydrogen-bond acceptors (Lipinski definition) is 5. The third kappa shape index (κ3) is 2.23. The van der Waals surface area contributed by atoms with E-state index in [2.05, 4.69) is 10.2 Å². The molecule has 0 atom stereocenters. The molecule has 0 radical (unpaired) electrons. The van der Waals surface area contributed by atoms with Gasteiger partial charge in [0, 0.05) is 24.0 Å². The van der Waals surface area contributed by atoms with E-state index in [1.807, 2.05) is 0 Å². The fraction of sp³-hybridized carbons (Fsp3) is 0.100. The number of rotatable bonds is 3. The Hall–Kier alpha value is -2.22. The van der Waals surface area contributed by atoms with Crippen LogP contribution >= 0.6 is 0 Å². The number of non-ortho nitro benzene ring substituents is 1. The average molecular weight is 267 g/mol. The summed E-state index contributed by atoms with van der Waals surface area (Å²) in [7, 11) is -3.43. The smallest absolute Gasteiger partial charge is 0.270 e. The van der Waals surface area contributed by atoms with Gasteiger partial charge in [0.05, 0.1) is 16.8 Å². The standard InChI is InChI=1S/C10H9N3O4S/c1-18(16,17)9-6-11-12-10(9)7-3-2-4-8(5-7)13(14)15/h2-6H,1H3,(H,11,12). The lowest BCUT2D eigenvalue weighted by Gasteiger charge is -2.01. The van der Waals surface area contributed by atoms with Crippen LogP contribution in [0.15, 0.2) is 35.4 Å². The molecule has 0 aliphatic rings. The van der Waals surface area contributed by atoms with Crippen molar-refractivity contribution in [3.05, 3.63) is 40.6 Å². The minimum atomic E-state index is -3.43. The summed E-state index contributed by atoms with van der Waals surface area (Å²) in [6, 6.07) is 5.69. The van der Waals surface area contributed by atoms with Gasteiger partial charge >= 0.3 is 0 Å². The molecule has 94 valence electrons. The molecule has 1 heterocycles. The minimum absolute atomic E-state index is 0.0167. The second kappa shape index (κ2) is 4.22. The molecule has 0 unspecified atom stereocenters. The van der Waals surface area contributed by atoms with E-state index in [-0.39, 0.29) is 16.3 Å². The quantitative estimate of drug-likeness (QED) is 0.668. The molecule has 0 saturated carbocycles. The Morgan fingerprint density at radius 3 is 2.72 bits per heavy atom. The van der Waals surface area contributed by atoms with Gasteiger partial charge in [-0.05, 0) is 0 Å². The van der Waals surface area contributed by atoms with Crippen LogP contribution < -0.4 is 0 Å². The largest absolute Gasteiger partial charge is 0.276 e. The first-order chi connectivity index (χ1) is 8.39. The molecule has 2 aromatic rings. The van der Waals surface area contributed by atoms with Crippen LogP contribution in [0, 0.1) is 10.1 Å². The van der Waals surface area contributed by atoms with Crippen LogP contribution in [0.4, 0.5) is 5.69 Å². The number of sulfone groups is 1. The molecule has 0 amide bonds. The van der Waals surface area contributed by atoms with Gasteiger partial charge in [-0.2, -0.15) is 5.10 Å². The second-order valence-corrected chi connectivity index (χ2v) is 5.67. The second-order valence-electron chi connectivity index (χ2n) is 3.69. The van der Waals surface area contributed by atoms with Gasteiger partial charge in [0.1, 0.15) is 4.90 Å². The number of H-pyrrole nitrogens is 1. The third-order valence-corrected chi connectivity index (χ3v) is 3.46. The van der Waals surface area contributed by atoms with Crippen molar-refractivity contribution in [1.29, 1.82) is 0 Å². The summed E-state index contributed by atoms with van der Waals surface area (Å²) >= 11 is 0. The third-order valence-electron chi connectivity index (χ3n) is 2.35. The molecule has 0 saturated heterocycles. The lowest BCUT2D eigenvalue weighted by molar-refractivity contribution is -0.384. The molecular formula is C10H9N3O4S.